The molecule has 0 aliphatic rings. The highest BCUT2D eigenvalue weighted by atomic mass is 32.1. The SMILES string of the molecule is N=CNCCCC[C@H](N)C(=O)NCCCCCC(=O)NCCOc1ccc(CS)c(CS)c1. The molecule has 0 bridgehead atoms. The average Bonchev–Trinajstić information content (AvgIpc) is 2.83. The van der Waals surface area contributed by atoms with E-state index in [0.717, 1.165) is 61.9 Å². The summed E-state index contributed by atoms with van der Waals surface area (Å²) in [6, 6.07) is 5.36. The topological polar surface area (TPSA) is 129 Å². The molecule has 0 unspecified atom stereocenters. The standard InChI is InChI=1S/C23H39N5O3S2/c24-17-26-10-5-3-6-21(25)23(30)28-11-4-1-2-7-22(29)27-12-13-31-20-9-8-18(15-32)19(14-20)16-33/h8-9,14,17,21,32-33H,1-7,10-13,15-16,25H2,(H2,24,26)(H,27,29)(H,28,30)/t21-/m0/s1. The summed E-state index contributed by atoms with van der Waals surface area (Å²) in [5.41, 5.74) is 8.13. The van der Waals surface area contributed by atoms with E-state index in [9.17, 15) is 9.59 Å². The van der Waals surface area contributed by atoms with Crippen molar-refractivity contribution in [3.05, 3.63) is 29.3 Å². The smallest absolute Gasteiger partial charge is 0.236 e. The van der Waals surface area contributed by atoms with Crippen molar-refractivity contribution >= 4 is 43.4 Å². The third-order valence-electron chi connectivity index (χ3n) is 5.12. The minimum atomic E-state index is -0.497. The number of ether oxygens (including phenoxy) is 1. The molecule has 0 aliphatic carbocycles. The van der Waals surface area contributed by atoms with Crippen molar-refractivity contribution in [3.63, 3.8) is 0 Å². The highest BCUT2D eigenvalue weighted by molar-refractivity contribution is 7.79. The highest BCUT2D eigenvalue weighted by Crippen LogP contribution is 2.20. The lowest BCUT2D eigenvalue weighted by molar-refractivity contribution is -0.123. The van der Waals surface area contributed by atoms with Gasteiger partial charge in [0.05, 0.1) is 18.9 Å². The second kappa shape index (κ2) is 18.5. The van der Waals surface area contributed by atoms with E-state index in [0.29, 0.717) is 44.0 Å². The summed E-state index contributed by atoms with van der Waals surface area (Å²) in [5.74, 6) is 1.93. The number of thiol groups is 2. The van der Waals surface area contributed by atoms with Crippen LogP contribution in [0.3, 0.4) is 0 Å². The lowest BCUT2D eigenvalue weighted by atomic mass is 10.1. The molecule has 6 N–H and O–H groups in total. The number of amides is 2. The summed E-state index contributed by atoms with van der Waals surface area (Å²) in [6.45, 7) is 2.15. The minimum Gasteiger partial charge on any atom is -0.492 e. The van der Waals surface area contributed by atoms with E-state index in [1.165, 1.54) is 0 Å². The first kappa shape index (κ1) is 29.1. The van der Waals surface area contributed by atoms with Crippen molar-refractivity contribution in [1.29, 1.82) is 5.41 Å². The summed E-state index contributed by atoms with van der Waals surface area (Å²) < 4.78 is 5.70. The van der Waals surface area contributed by atoms with E-state index in [2.05, 4.69) is 41.2 Å². The number of unbranched alkanes of at least 4 members (excludes halogenated alkanes) is 3. The molecule has 0 saturated heterocycles. The first-order valence-corrected chi connectivity index (χ1v) is 12.8. The normalized spacial score (nSPS) is 11.5. The Kier molecular flexibility index (Phi) is 16.3. The van der Waals surface area contributed by atoms with Crippen LogP contribution in [0.15, 0.2) is 18.2 Å². The number of nitrogens with one attached hydrogen (secondary N) is 4. The maximum absolute atomic E-state index is 11.9. The molecule has 0 radical (unpaired) electrons. The third kappa shape index (κ3) is 13.4. The molecule has 10 heteroatoms. The molecule has 0 spiro atoms. The summed E-state index contributed by atoms with van der Waals surface area (Å²) in [6.07, 6.45) is 6.41. The van der Waals surface area contributed by atoms with Gasteiger partial charge in [-0.2, -0.15) is 25.3 Å². The summed E-state index contributed by atoms with van der Waals surface area (Å²) in [4.78, 5) is 23.9. The largest absolute Gasteiger partial charge is 0.492 e. The quantitative estimate of drug-likeness (QED) is 0.0683. The Morgan fingerprint density at radius 2 is 1.76 bits per heavy atom. The van der Waals surface area contributed by atoms with Gasteiger partial charge in [-0.05, 0) is 55.4 Å². The molecular formula is C23H39N5O3S2. The van der Waals surface area contributed by atoms with Gasteiger partial charge in [0.15, 0.2) is 0 Å². The summed E-state index contributed by atoms with van der Waals surface area (Å²) >= 11 is 8.64. The number of benzene rings is 1. The first-order valence-electron chi connectivity index (χ1n) is 11.5. The summed E-state index contributed by atoms with van der Waals surface area (Å²) in [7, 11) is 0. The number of carbonyl (C=O) groups excluding carboxylic acids is 2. The molecule has 0 aromatic heterocycles. The number of carbonyl (C=O) groups is 2. The predicted molar refractivity (Wildman–Crippen MR) is 140 cm³/mol. The van der Waals surface area contributed by atoms with Gasteiger partial charge < -0.3 is 26.4 Å². The van der Waals surface area contributed by atoms with Crippen LogP contribution >= 0.6 is 25.3 Å². The van der Waals surface area contributed by atoms with Crippen LogP contribution < -0.4 is 26.4 Å². The van der Waals surface area contributed by atoms with Crippen LogP contribution in [0.5, 0.6) is 5.75 Å². The van der Waals surface area contributed by atoms with Crippen LogP contribution in [0, 0.1) is 5.41 Å². The monoisotopic (exact) mass is 497 g/mol. The van der Waals surface area contributed by atoms with E-state index in [1.807, 2.05) is 18.2 Å². The van der Waals surface area contributed by atoms with Crippen molar-refractivity contribution in [2.75, 3.05) is 26.2 Å². The van der Waals surface area contributed by atoms with E-state index < -0.39 is 6.04 Å². The molecular weight excluding hydrogens is 458 g/mol. The van der Waals surface area contributed by atoms with Gasteiger partial charge in [-0.3, -0.25) is 15.0 Å². The second-order valence-corrected chi connectivity index (χ2v) is 8.38. The fourth-order valence-corrected chi connectivity index (χ4v) is 3.77. The maximum atomic E-state index is 11.9. The van der Waals surface area contributed by atoms with Crippen molar-refractivity contribution < 1.29 is 14.3 Å². The van der Waals surface area contributed by atoms with Gasteiger partial charge in [0.1, 0.15) is 12.4 Å². The number of rotatable bonds is 19. The fraction of sp³-hybridized carbons (Fsp3) is 0.609. The molecule has 1 rings (SSSR count). The zero-order valence-electron chi connectivity index (χ0n) is 19.3. The molecule has 8 nitrogen and oxygen atoms in total. The van der Waals surface area contributed by atoms with Crippen LogP contribution in [0.1, 0.15) is 56.1 Å². The van der Waals surface area contributed by atoms with Crippen molar-refractivity contribution in [2.24, 2.45) is 5.73 Å². The van der Waals surface area contributed by atoms with Gasteiger partial charge >= 0.3 is 0 Å². The molecule has 0 heterocycles. The Balaban J connectivity index is 2.03. The van der Waals surface area contributed by atoms with Crippen molar-refractivity contribution in [1.82, 2.24) is 16.0 Å². The number of hydrogen-bond acceptors (Lipinski definition) is 7. The number of nitrogens with two attached hydrogens (primary N) is 1. The van der Waals surface area contributed by atoms with Crippen LogP contribution in [0.4, 0.5) is 0 Å². The maximum Gasteiger partial charge on any atom is 0.236 e. The first-order chi connectivity index (χ1) is 16.0. The fourth-order valence-electron chi connectivity index (χ4n) is 3.17. The van der Waals surface area contributed by atoms with Crippen LogP contribution in [0.25, 0.3) is 0 Å². The Morgan fingerprint density at radius 3 is 2.48 bits per heavy atom. The Labute approximate surface area is 208 Å². The van der Waals surface area contributed by atoms with Crippen LogP contribution in [-0.2, 0) is 21.1 Å². The molecule has 186 valence electrons. The molecule has 2 amide bonds. The van der Waals surface area contributed by atoms with E-state index >= 15 is 0 Å². The molecule has 1 aromatic carbocycles. The van der Waals surface area contributed by atoms with Crippen molar-refractivity contribution in [2.45, 2.75) is 62.5 Å². The van der Waals surface area contributed by atoms with Crippen LogP contribution in [-0.4, -0.2) is 50.4 Å². The lowest BCUT2D eigenvalue weighted by Gasteiger charge is -2.12. The molecule has 1 aromatic rings. The Bertz CT molecular complexity index is 721. The van der Waals surface area contributed by atoms with Crippen molar-refractivity contribution in [3.8, 4) is 5.75 Å². The molecule has 0 saturated carbocycles. The zero-order chi connectivity index (χ0) is 24.3. The molecule has 0 aliphatic heterocycles. The van der Waals surface area contributed by atoms with Gasteiger partial charge in [0.2, 0.25) is 11.8 Å². The van der Waals surface area contributed by atoms with E-state index in [-0.39, 0.29) is 11.8 Å². The Hall–Kier alpha value is -1.91. The third-order valence-corrected chi connectivity index (χ3v) is 5.80. The molecule has 1 atom stereocenters. The van der Waals surface area contributed by atoms with Gasteiger partial charge in [-0.25, -0.2) is 0 Å². The average molecular weight is 498 g/mol. The highest BCUT2D eigenvalue weighted by Gasteiger charge is 2.12. The van der Waals surface area contributed by atoms with E-state index in [4.69, 9.17) is 15.9 Å². The Morgan fingerprint density at radius 1 is 1.00 bits per heavy atom. The van der Waals surface area contributed by atoms with Gasteiger partial charge in [0, 0.05) is 31.0 Å². The van der Waals surface area contributed by atoms with Gasteiger partial charge in [-0.15, -0.1) is 0 Å². The van der Waals surface area contributed by atoms with Gasteiger partial charge in [0.25, 0.3) is 0 Å². The van der Waals surface area contributed by atoms with E-state index in [1.54, 1.807) is 0 Å². The second-order valence-electron chi connectivity index (χ2n) is 7.75. The molecule has 0 fully saturated rings. The number of hydrogen-bond donors (Lipinski definition) is 7. The van der Waals surface area contributed by atoms with Crippen LogP contribution in [0.2, 0.25) is 0 Å². The molecule has 33 heavy (non-hydrogen) atoms. The van der Waals surface area contributed by atoms with Gasteiger partial charge in [-0.1, -0.05) is 12.5 Å². The summed E-state index contributed by atoms with van der Waals surface area (Å²) in [5, 5.41) is 15.4. The lowest BCUT2D eigenvalue weighted by Crippen LogP contribution is -2.40. The minimum absolute atomic E-state index is 0.00336. The zero-order valence-corrected chi connectivity index (χ0v) is 21.1. The predicted octanol–water partition coefficient (Wildman–Crippen LogP) is 2.41.